The number of hydrogen-bond acceptors (Lipinski definition) is 0. The first kappa shape index (κ1) is 31.0. The number of nitrogens with zero attached hydrogens (tertiary/aromatic N) is 1. The molecular formula is C56H35N. The molecule has 0 radical (unpaired) electrons. The number of benzene rings is 9. The van der Waals surface area contributed by atoms with E-state index in [1.54, 1.807) is 0 Å². The summed E-state index contributed by atoms with van der Waals surface area (Å²) in [7, 11) is 0. The van der Waals surface area contributed by atoms with Gasteiger partial charge in [-0.05, 0) is 108 Å². The fourth-order valence-electron chi connectivity index (χ4n) is 11.4. The van der Waals surface area contributed by atoms with Gasteiger partial charge in [0.15, 0.2) is 0 Å². The van der Waals surface area contributed by atoms with Crippen LogP contribution in [0, 0.1) is 0 Å². The van der Waals surface area contributed by atoms with Crippen molar-refractivity contribution in [3.63, 3.8) is 0 Å². The maximum atomic E-state index is 2.51. The van der Waals surface area contributed by atoms with Gasteiger partial charge in [-0.3, -0.25) is 0 Å². The summed E-state index contributed by atoms with van der Waals surface area (Å²) in [5.41, 5.74) is 21.3. The van der Waals surface area contributed by atoms with Crippen LogP contribution in [0.3, 0.4) is 0 Å². The van der Waals surface area contributed by atoms with Crippen LogP contribution >= 0.6 is 0 Å². The molecule has 10 aromatic rings. The van der Waals surface area contributed by atoms with Gasteiger partial charge in [0.1, 0.15) is 0 Å². The van der Waals surface area contributed by atoms with E-state index in [-0.39, 0.29) is 0 Å². The minimum atomic E-state index is -0.507. The average molecular weight is 722 g/mol. The van der Waals surface area contributed by atoms with Crippen molar-refractivity contribution in [3.8, 4) is 39.1 Å². The van der Waals surface area contributed by atoms with E-state index in [0.29, 0.717) is 0 Å². The molecule has 0 aliphatic heterocycles. The molecule has 57 heavy (non-hydrogen) atoms. The van der Waals surface area contributed by atoms with Crippen molar-refractivity contribution >= 4 is 21.8 Å². The summed E-state index contributed by atoms with van der Waals surface area (Å²) in [6, 6.07) is 79.9. The van der Waals surface area contributed by atoms with Crippen LogP contribution in [0.4, 0.5) is 0 Å². The first-order valence-electron chi connectivity index (χ1n) is 20.0. The molecule has 3 aliphatic rings. The van der Waals surface area contributed by atoms with Gasteiger partial charge in [0.2, 0.25) is 0 Å². The van der Waals surface area contributed by atoms with Crippen molar-refractivity contribution in [3.05, 3.63) is 257 Å². The molecule has 1 heterocycles. The van der Waals surface area contributed by atoms with Crippen molar-refractivity contribution in [2.45, 2.75) is 10.8 Å². The molecule has 0 saturated carbocycles. The van der Waals surface area contributed by atoms with Crippen molar-refractivity contribution in [2.75, 3.05) is 0 Å². The van der Waals surface area contributed by atoms with Crippen LogP contribution in [-0.4, -0.2) is 4.57 Å². The molecule has 2 atom stereocenters. The third-order valence-electron chi connectivity index (χ3n) is 13.5. The molecule has 0 fully saturated rings. The van der Waals surface area contributed by atoms with Crippen molar-refractivity contribution in [1.82, 2.24) is 4.57 Å². The average Bonchev–Trinajstić information content (AvgIpc) is 3.89. The van der Waals surface area contributed by atoms with Crippen LogP contribution in [0.1, 0.15) is 44.5 Å². The second-order valence-corrected chi connectivity index (χ2v) is 15.9. The second-order valence-electron chi connectivity index (χ2n) is 15.9. The van der Waals surface area contributed by atoms with E-state index in [0.717, 1.165) is 0 Å². The molecule has 1 aromatic heterocycles. The molecule has 1 spiro atoms. The molecule has 3 aliphatic carbocycles. The number of fused-ring (bicyclic) bond motifs is 15. The van der Waals surface area contributed by atoms with Crippen molar-refractivity contribution < 1.29 is 0 Å². The summed E-state index contributed by atoms with van der Waals surface area (Å²) in [5.74, 6) is 0. The fourth-order valence-corrected chi connectivity index (χ4v) is 11.4. The Kier molecular flexibility index (Phi) is 6.09. The molecule has 0 bridgehead atoms. The zero-order valence-electron chi connectivity index (χ0n) is 31.2. The molecule has 1 nitrogen and oxygen atoms in total. The molecule has 264 valence electrons. The van der Waals surface area contributed by atoms with Gasteiger partial charge in [0, 0.05) is 16.5 Å². The molecule has 9 aromatic carbocycles. The summed E-state index contributed by atoms with van der Waals surface area (Å²) in [4.78, 5) is 0. The van der Waals surface area contributed by atoms with E-state index in [2.05, 4.69) is 217 Å². The minimum Gasteiger partial charge on any atom is -0.309 e. The largest absolute Gasteiger partial charge is 0.309 e. The second kappa shape index (κ2) is 11.2. The Morgan fingerprint density at radius 3 is 1.49 bits per heavy atom. The van der Waals surface area contributed by atoms with Gasteiger partial charge in [0.25, 0.3) is 0 Å². The molecule has 0 N–H and O–H groups in total. The lowest BCUT2D eigenvalue weighted by molar-refractivity contribution is 0.636. The highest BCUT2D eigenvalue weighted by atomic mass is 15.0. The first-order chi connectivity index (χ1) is 28.3. The maximum Gasteiger partial charge on any atom is 0.0720 e. The Bertz CT molecular complexity index is 3240. The maximum absolute atomic E-state index is 2.51. The van der Waals surface area contributed by atoms with Gasteiger partial charge in [-0.1, -0.05) is 182 Å². The molecule has 0 saturated heterocycles. The topological polar surface area (TPSA) is 4.93 Å². The van der Waals surface area contributed by atoms with E-state index in [1.165, 1.54) is 105 Å². The van der Waals surface area contributed by atoms with Crippen LogP contribution in [0.5, 0.6) is 0 Å². The molecule has 13 rings (SSSR count). The standard InChI is InChI=1S/C56H35N/c1-2-15-38(16-3-1)55-46-22-8-5-18-41(46)45-21-14-26-50(54(45)55)56(49-25-11-10-24-48(49)55)47-23-9-4-17-40(47)42-34-31-37(35-51(42)56)36-29-32-39(33-30-36)57-52-27-12-6-19-43(52)44-20-7-13-28-53(44)57/h1-35H. The monoisotopic (exact) mass is 721 g/mol. The van der Waals surface area contributed by atoms with Gasteiger partial charge in [-0.2, -0.15) is 0 Å². The quantitative estimate of drug-likeness (QED) is 0.171. The summed E-state index contributed by atoms with van der Waals surface area (Å²) < 4.78 is 2.40. The normalized spacial score (nSPS) is 18.0. The lowest BCUT2D eigenvalue weighted by atomic mass is 9.52. The van der Waals surface area contributed by atoms with Crippen molar-refractivity contribution in [1.29, 1.82) is 0 Å². The van der Waals surface area contributed by atoms with Gasteiger partial charge in [0.05, 0.1) is 21.9 Å². The number of hydrogen-bond donors (Lipinski definition) is 0. The van der Waals surface area contributed by atoms with Gasteiger partial charge in [-0.25, -0.2) is 0 Å². The Labute approximate surface area is 331 Å². The van der Waals surface area contributed by atoms with Crippen LogP contribution in [0.15, 0.2) is 212 Å². The van der Waals surface area contributed by atoms with E-state index in [1.807, 2.05) is 0 Å². The Morgan fingerprint density at radius 1 is 0.298 bits per heavy atom. The van der Waals surface area contributed by atoms with Crippen molar-refractivity contribution in [2.24, 2.45) is 0 Å². The van der Waals surface area contributed by atoms with Gasteiger partial charge >= 0.3 is 0 Å². The van der Waals surface area contributed by atoms with Crippen LogP contribution in [0.2, 0.25) is 0 Å². The number of aromatic nitrogens is 1. The van der Waals surface area contributed by atoms with E-state index < -0.39 is 10.8 Å². The van der Waals surface area contributed by atoms with E-state index in [9.17, 15) is 0 Å². The predicted octanol–water partition coefficient (Wildman–Crippen LogP) is 13.5. The Hall–Kier alpha value is -7.22. The highest BCUT2D eigenvalue weighted by molar-refractivity contribution is 6.09. The molecule has 0 amide bonds. The van der Waals surface area contributed by atoms with Crippen LogP contribution in [-0.2, 0) is 10.8 Å². The fraction of sp³-hybridized carbons (Fsp3) is 0.0357. The highest BCUT2D eigenvalue weighted by Crippen LogP contribution is 2.68. The Balaban J connectivity index is 1.07. The SMILES string of the molecule is c1ccc(C23c4ccccc4-c4cccc(c42)C2(c4ccccc4-c4ccc(-c5ccc(-n6c7ccccc7c7ccccc76)cc5)cc42)c2ccccc23)cc1. The van der Waals surface area contributed by atoms with E-state index in [4.69, 9.17) is 0 Å². The zero-order chi connectivity index (χ0) is 37.3. The third kappa shape index (κ3) is 3.75. The zero-order valence-corrected chi connectivity index (χ0v) is 31.2. The van der Waals surface area contributed by atoms with Gasteiger partial charge < -0.3 is 4.57 Å². The lowest BCUT2D eigenvalue weighted by Crippen LogP contribution is -2.43. The molecular weight excluding hydrogens is 687 g/mol. The van der Waals surface area contributed by atoms with E-state index >= 15 is 0 Å². The smallest absolute Gasteiger partial charge is 0.0720 e. The number of para-hydroxylation sites is 2. The third-order valence-corrected chi connectivity index (χ3v) is 13.5. The highest BCUT2D eigenvalue weighted by Gasteiger charge is 2.59. The summed E-state index contributed by atoms with van der Waals surface area (Å²) >= 11 is 0. The Morgan fingerprint density at radius 2 is 0.789 bits per heavy atom. The lowest BCUT2D eigenvalue weighted by Gasteiger charge is -2.48. The summed E-state index contributed by atoms with van der Waals surface area (Å²) in [6.45, 7) is 0. The van der Waals surface area contributed by atoms with Crippen LogP contribution in [0.25, 0.3) is 60.9 Å². The van der Waals surface area contributed by atoms with Crippen LogP contribution < -0.4 is 0 Å². The van der Waals surface area contributed by atoms with Gasteiger partial charge in [-0.15, -0.1) is 0 Å². The minimum absolute atomic E-state index is 0.441. The molecule has 2 unspecified atom stereocenters. The number of rotatable bonds is 3. The first-order valence-corrected chi connectivity index (χ1v) is 20.0. The predicted molar refractivity (Wildman–Crippen MR) is 234 cm³/mol. The summed E-state index contributed by atoms with van der Waals surface area (Å²) in [6.07, 6.45) is 0. The summed E-state index contributed by atoms with van der Waals surface area (Å²) in [5, 5.41) is 2.56. The molecule has 1 heteroatoms.